The molecule has 0 atom stereocenters. The first-order valence-corrected chi connectivity index (χ1v) is 14.8. The molecule has 0 fully saturated rings. The maximum absolute atomic E-state index is 12.6. The summed E-state index contributed by atoms with van der Waals surface area (Å²) >= 11 is 0. The summed E-state index contributed by atoms with van der Waals surface area (Å²) in [4.78, 5) is 43.1. The first-order chi connectivity index (χ1) is 22.8. The van der Waals surface area contributed by atoms with Crippen LogP contribution >= 0.6 is 0 Å². The van der Waals surface area contributed by atoms with Crippen LogP contribution < -0.4 is 4.74 Å². The number of rotatable bonds is 10. The monoisotopic (exact) mass is 627 g/mol. The molecule has 0 amide bonds. The third kappa shape index (κ3) is 6.86. The summed E-state index contributed by atoms with van der Waals surface area (Å²) < 4.78 is 10.9. The van der Waals surface area contributed by atoms with E-state index in [2.05, 4.69) is 17.1 Å². The number of H-pyrrole nitrogens is 1. The van der Waals surface area contributed by atoms with Gasteiger partial charge in [0, 0.05) is 36.1 Å². The van der Waals surface area contributed by atoms with Gasteiger partial charge in [0.1, 0.15) is 11.9 Å². The van der Waals surface area contributed by atoms with E-state index in [1.165, 1.54) is 36.5 Å². The minimum atomic E-state index is -1.05. The fourth-order valence-electron chi connectivity index (χ4n) is 5.64. The van der Waals surface area contributed by atoms with Gasteiger partial charge in [-0.1, -0.05) is 78.9 Å². The van der Waals surface area contributed by atoms with Gasteiger partial charge in [0.05, 0.1) is 29.0 Å². The van der Waals surface area contributed by atoms with Gasteiger partial charge in [-0.05, 0) is 46.5 Å². The zero-order valence-corrected chi connectivity index (χ0v) is 25.3. The van der Waals surface area contributed by atoms with Gasteiger partial charge in [-0.2, -0.15) is 0 Å². The quantitative estimate of drug-likeness (QED) is 0.0719. The predicted octanol–water partition coefficient (Wildman–Crippen LogP) is 7.15. The minimum Gasteiger partial charge on any atom is -0.490 e. The van der Waals surface area contributed by atoms with Gasteiger partial charge in [-0.15, -0.1) is 0 Å². The SMILES string of the molecule is COc1cccc(-c2nc(-c3ccc(C=CC(=O)O)cc3)c(-c3ccc(C=CC(=O)OC4Cc5ccccc5C4)cc3)[nH]2)c1[N+](=O)[O-]. The number of nitro benzene ring substituents is 1. The molecule has 0 bridgehead atoms. The Labute approximate surface area is 269 Å². The summed E-state index contributed by atoms with van der Waals surface area (Å²) in [6.07, 6.45) is 6.88. The highest BCUT2D eigenvalue weighted by Gasteiger charge is 2.26. The highest BCUT2D eigenvalue weighted by Crippen LogP contribution is 2.40. The second-order valence-electron chi connectivity index (χ2n) is 10.9. The van der Waals surface area contributed by atoms with Crippen molar-refractivity contribution in [2.45, 2.75) is 18.9 Å². The molecule has 1 aliphatic carbocycles. The fourth-order valence-corrected chi connectivity index (χ4v) is 5.64. The van der Waals surface area contributed by atoms with Crippen LogP contribution in [0.15, 0.2) is 103 Å². The molecule has 1 aromatic heterocycles. The number of aliphatic carboxylic acids is 1. The molecule has 6 rings (SSSR count). The summed E-state index contributed by atoms with van der Waals surface area (Å²) in [5, 5.41) is 21.0. The number of nitro groups is 1. The van der Waals surface area contributed by atoms with Gasteiger partial charge < -0.3 is 19.6 Å². The van der Waals surface area contributed by atoms with Crippen molar-refractivity contribution in [1.29, 1.82) is 0 Å². The standard InChI is InChI=1S/C37H29N3O7/c1-46-31-8-4-7-30(36(31)40(44)45)37-38-34(25-15-9-23(10-16-25)13-19-32(41)42)35(39-37)26-17-11-24(12-18-26)14-20-33(43)47-29-21-27-5-2-3-6-28(27)22-29/h2-20,29H,21-22H2,1H3,(H,38,39)(H,41,42). The molecule has 0 saturated heterocycles. The van der Waals surface area contributed by atoms with Crippen molar-refractivity contribution in [3.05, 3.63) is 136 Å². The van der Waals surface area contributed by atoms with E-state index in [4.69, 9.17) is 19.6 Å². The summed E-state index contributed by atoms with van der Waals surface area (Å²) in [6.45, 7) is 0. The van der Waals surface area contributed by atoms with E-state index in [1.807, 2.05) is 36.4 Å². The molecular formula is C37H29N3O7. The van der Waals surface area contributed by atoms with Crippen molar-refractivity contribution in [3.8, 4) is 39.7 Å². The molecule has 1 heterocycles. The summed E-state index contributed by atoms with van der Waals surface area (Å²) in [5.41, 5.74) is 6.53. The number of aromatic nitrogens is 2. The van der Waals surface area contributed by atoms with Gasteiger partial charge in [0.2, 0.25) is 0 Å². The highest BCUT2D eigenvalue weighted by molar-refractivity contribution is 5.88. The zero-order chi connectivity index (χ0) is 32.9. The lowest BCUT2D eigenvalue weighted by molar-refractivity contribution is -0.385. The Morgan fingerprint density at radius 1 is 0.872 bits per heavy atom. The third-order valence-corrected chi connectivity index (χ3v) is 7.87. The Bertz CT molecular complexity index is 2000. The number of ether oxygens (including phenoxy) is 2. The summed E-state index contributed by atoms with van der Waals surface area (Å²) in [5.74, 6) is -1.08. The van der Waals surface area contributed by atoms with Gasteiger partial charge in [0.15, 0.2) is 5.75 Å². The first kappa shape index (κ1) is 30.7. The van der Waals surface area contributed by atoms with Crippen molar-refractivity contribution in [2.24, 2.45) is 0 Å². The van der Waals surface area contributed by atoms with Crippen molar-refractivity contribution in [2.75, 3.05) is 7.11 Å². The molecule has 5 aromatic rings. The largest absolute Gasteiger partial charge is 0.490 e. The number of carboxylic acids is 1. The number of carbonyl (C=O) groups is 2. The lowest BCUT2D eigenvalue weighted by Crippen LogP contribution is -2.16. The average molecular weight is 628 g/mol. The fraction of sp³-hybridized carbons (Fsp3) is 0.108. The summed E-state index contributed by atoms with van der Waals surface area (Å²) in [6, 6.07) is 27.4. The molecule has 47 heavy (non-hydrogen) atoms. The molecule has 10 heteroatoms. The molecule has 0 saturated carbocycles. The number of esters is 1. The average Bonchev–Trinajstić information content (AvgIpc) is 3.71. The Kier molecular flexibility index (Phi) is 8.74. The second-order valence-corrected chi connectivity index (χ2v) is 10.9. The van der Waals surface area contributed by atoms with Crippen molar-refractivity contribution >= 4 is 29.8 Å². The van der Waals surface area contributed by atoms with E-state index < -0.39 is 16.9 Å². The van der Waals surface area contributed by atoms with E-state index in [1.54, 1.807) is 42.5 Å². The maximum atomic E-state index is 12.6. The number of hydrogen-bond donors (Lipinski definition) is 2. The normalized spacial score (nSPS) is 12.8. The number of nitrogens with zero attached hydrogens (tertiary/aromatic N) is 2. The summed E-state index contributed by atoms with van der Waals surface area (Å²) in [7, 11) is 1.37. The lowest BCUT2D eigenvalue weighted by Gasteiger charge is -2.09. The van der Waals surface area contributed by atoms with Crippen LogP contribution in [0.3, 0.4) is 0 Å². The van der Waals surface area contributed by atoms with E-state index in [0.29, 0.717) is 35.4 Å². The molecule has 0 unspecified atom stereocenters. The van der Waals surface area contributed by atoms with Crippen LogP contribution in [0.1, 0.15) is 22.3 Å². The number of methoxy groups -OCH3 is 1. The minimum absolute atomic E-state index is 0.105. The number of nitrogens with one attached hydrogen (secondary N) is 1. The molecule has 234 valence electrons. The lowest BCUT2D eigenvalue weighted by atomic mass is 10.0. The van der Waals surface area contributed by atoms with E-state index >= 15 is 0 Å². The number of fused-ring (bicyclic) bond motifs is 1. The molecule has 0 spiro atoms. The highest BCUT2D eigenvalue weighted by atomic mass is 16.6. The Hall–Kier alpha value is -6.29. The molecule has 10 nitrogen and oxygen atoms in total. The Morgan fingerprint density at radius 3 is 2.09 bits per heavy atom. The molecule has 0 aliphatic heterocycles. The van der Waals surface area contributed by atoms with Crippen LogP contribution in [0.2, 0.25) is 0 Å². The zero-order valence-electron chi connectivity index (χ0n) is 25.3. The number of hydrogen-bond acceptors (Lipinski definition) is 7. The van der Waals surface area contributed by atoms with Crippen LogP contribution in [0, 0.1) is 10.1 Å². The van der Waals surface area contributed by atoms with Gasteiger partial charge in [-0.3, -0.25) is 10.1 Å². The van der Waals surface area contributed by atoms with Crippen LogP contribution in [-0.2, 0) is 27.2 Å². The number of imidazole rings is 1. The van der Waals surface area contributed by atoms with E-state index in [0.717, 1.165) is 17.2 Å². The first-order valence-electron chi connectivity index (χ1n) is 14.8. The molecular weight excluding hydrogens is 598 g/mol. The smallest absolute Gasteiger partial charge is 0.331 e. The predicted molar refractivity (Wildman–Crippen MR) is 178 cm³/mol. The Morgan fingerprint density at radius 2 is 1.49 bits per heavy atom. The van der Waals surface area contributed by atoms with Crippen LogP contribution in [0.5, 0.6) is 5.75 Å². The van der Waals surface area contributed by atoms with Crippen LogP contribution in [0.25, 0.3) is 46.1 Å². The molecule has 0 radical (unpaired) electrons. The topological polar surface area (TPSA) is 145 Å². The Balaban J connectivity index is 1.29. The van der Waals surface area contributed by atoms with Crippen molar-refractivity contribution < 1.29 is 29.1 Å². The second kappa shape index (κ2) is 13.4. The number of aromatic amines is 1. The molecule has 4 aromatic carbocycles. The van der Waals surface area contributed by atoms with E-state index in [9.17, 15) is 19.7 Å². The van der Waals surface area contributed by atoms with Gasteiger partial charge in [-0.25, -0.2) is 14.6 Å². The van der Waals surface area contributed by atoms with Gasteiger partial charge in [0.25, 0.3) is 0 Å². The van der Waals surface area contributed by atoms with E-state index in [-0.39, 0.29) is 28.9 Å². The number of para-hydroxylation sites is 1. The number of carboxylic acid groups (broad SMARTS) is 1. The van der Waals surface area contributed by atoms with Crippen LogP contribution in [0.4, 0.5) is 5.69 Å². The molecule has 2 N–H and O–H groups in total. The van der Waals surface area contributed by atoms with Crippen LogP contribution in [-0.4, -0.2) is 45.2 Å². The van der Waals surface area contributed by atoms with Gasteiger partial charge >= 0.3 is 17.6 Å². The third-order valence-electron chi connectivity index (χ3n) is 7.87. The number of benzene rings is 4. The molecule has 1 aliphatic rings. The number of carbonyl (C=O) groups excluding carboxylic acids is 1. The van der Waals surface area contributed by atoms with Crippen molar-refractivity contribution in [1.82, 2.24) is 9.97 Å². The van der Waals surface area contributed by atoms with Crippen molar-refractivity contribution in [3.63, 3.8) is 0 Å². The maximum Gasteiger partial charge on any atom is 0.331 e.